The van der Waals surface area contributed by atoms with Crippen molar-refractivity contribution in [2.24, 2.45) is 11.8 Å². The maximum Gasteiger partial charge on any atom is 0.251 e. The first-order valence-corrected chi connectivity index (χ1v) is 16.4. The van der Waals surface area contributed by atoms with E-state index in [4.69, 9.17) is 0 Å². The summed E-state index contributed by atoms with van der Waals surface area (Å²) >= 11 is 1.63. The Morgan fingerprint density at radius 3 is 2.07 bits per heavy atom. The highest BCUT2D eigenvalue weighted by Crippen LogP contribution is 2.71. The molecule has 0 saturated carbocycles. The second-order valence-electron chi connectivity index (χ2n) is 12.0. The molecule has 3 saturated heterocycles. The molecular weight excluding hydrogens is 572 g/mol. The molecule has 0 aliphatic carbocycles. The molecule has 8 nitrogen and oxygen atoms in total. The molecule has 1 N–H and O–H groups in total. The van der Waals surface area contributed by atoms with Crippen LogP contribution in [0.5, 0.6) is 0 Å². The fraction of sp³-hybridized carbons (Fsp3) is 0.457. The third kappa shape index (κ3) is 5.13. The second kappa shape index (κ2) is 12.8. The highest BCUT2D eigenvalue weighted by molar-refractivity contribution is 8.02. The fourth-order valence-corrected chi connectivity index (χ4v) is 10.0. The minimum Gasteiger partial charge on any atom is -0.395 e. The van der Waals surface area contributed by atoms with Gasteiger partial charge in [-0.15, -0.1) is 24.9 Å². The number of anilines is 3. The smallest absolute Gasteiger partial charge is 0.251 e. The number of thioether (sulfide) groups is 1. The number of benzene rings is 2. The van der Waals surface area contributed by atoms with E-state index in [1.807, 2.05) is 54.6 Å². The lowest BCUT2D eigenvalue weighted by atomic mass is 9.66. The highest BCUT2D eigenvalue weighted by Gasteiger charge is 2.77. The van der Waals surface area contributed by atoms with Crippen LogP contribution in [0.3, 0.4) is 0 Å². The van der Waals surface area contributed by atoms with E-state index < -0.39 is 27.4 Å². The predicted molar refractivity (Wildman–Crippen MR) is 179 cm³/mol. The Labute approximate surface area is 265 Å². The number of amides is 3. The van der Waals surface area contributed by atoms with Crippen LogP contribution >= 0.6 is 11.8 Å². The summed E-state index contributed by atoms with van der Waals surface area (Å²) in [5.74, 6) is -1.85. The lowest BCUT2D eigenvalue weighted by Crippen LogP contribution is -2.55. The number of aliphatic hydroxyl groups is 1. The summed E-state index contributed by atoms with van der Waals surface area (Å²) in [5, 5.41) is 10.1. The van der Waals surface area contributed by atoms with Gasteiger partial charge < -0.3 is 24.7 Å². The summed E-state index contributed by atoms with van der Waals surface area (Å²) in [5.41, 5.74) is 2.54. The predicted octanol–water partition coefficient (Wildman–Crippen LogP) is 4.74. The summed E-state index contributed by atoms with van der Waals surface area (Å²) in [4.78, 5) is 50.8. The van der Waals surface area contributed by atoms with Crippen molar-refractivity contribution >= 4 is 46.5 Å². The monoisotopic (exact) mass is 616 g/mol. The van der Waals surface area contributed by atoms with Crippen LogP contribution in [0.1, 0.15) is 33.6 Å². The summed E-state index contributed by atoms with van der Waals surface area (Å²) < 4.78 is -1.29. The number of hydrogen-bond acceptors (Lipinski definition) is 6. The number of para-hydroxylation sites is 1. The Morgan fingerprint density at radius 2 is 1.50 bits per heavy atom. The van der Waals surface area contributed by atoms with Crippen LogP contribution in [0.2, 0.25) is 0 Å². The molecule has 3 fully saturated rings. The van der Waals surface area contributed by atoms with Crippen molar-refractivity contribution in [3.8, 4) is 0 Å². The molecule has 2 aromatic carbocycles. The van der Waals surface area contributed by atoms with E-state index in [0.29, 0.717) is 19.4 Å². The molecule has 3 amide bonds. The lowest BCUT2D eigenvalue weighted by Gasteiger charge is -2.38. The first-order valence-electron chi connectivity index (χ1n) is 15.6. The van der Waals surface area contributed by atoms with E-state index in [1.54, 1.807) is 38.6 Å². The molecule has 2 bridgehead atoms. The summed E-state index contributed by atoms with van der Waals surface area (Å²) in [6, 6.07) is 16.6. The number of nitrogens with zero attached hydrogens (tertiary/aromatic N) is 4. The minimum absolute atomic E-state index is 0.0313. The average molecular weight is 617 g/mol. The van der Waals surface area contributed by atoms with Gasteiger partial charge in [-0.1, -0.05) is 30.4 Å². The van der Waals surface area contributed by atoms with Crippen molar-refractivity contribution in [1.82, 2.24) is 4.90 Å². The zero-order valence-electron chi connectivity index (χ0n) is 26.0. The number of aliphatic hydroxyl groups excluding tert-OH is 1. The molecule has 5 rings (SSSR count). The van der Waals surface area contributed by atoms with E-state index in [0.717, 1.165) is 30.2 Å². The Morgan fingerprint density at radius 1 is 0.932 bits per heavy atom. The van der Waals surface area contributed by atoms with Crippen LogP contribution in [0.15, 0.2) is 79.9 Å². The normalized spacial score (nSPS) is 26.8. The highest BCUT2D eigenvalue weighted by atomic mass is 32.2. The summed E-state index contributed by atoms with van der Waals surface area (Å²) in [7, 11) is 0. The molecule has 5 atom stereocenters. The number of fused-ring (bicyclic) bond motifs is 1. The largest absolute Gasteiger partial charge is 0.395 e. The lowest BCUT2D eigenvalue weighted by molar-refractivity contribution is -0.140. The van der Waals surface area contributed by atoms with Gasteiger partial charge in [0.2, 0.25) is 11.8 Å². The first kappa shape index (κ1) is 31.9. The number of rotatable bonds is 13. The maximum absolute atomic E-state index is 14.7. The van der Waals surface area contributed by atoms with Crippen LogP contribution in [0.25, 0.3) is 0 Å². The van der Waals surface area contributed by atoms with Gasteiger partial charge in [-0.05, 0) is 70.0 Å². The Kier molecular flexibility index (Phi) is 9.28. The van der Waals surface area contributed by atoms with Gasteiger partial charge in [0.25, 0.3) is 5.91 Å². The Hall–Kier alpha value is -3.56. The number of carbonyl (C=O) groups excluding carboxylic acids is 3. The topological polar surface area (TPSA) is 84.4 Å². The molecule has 0 radical (unpaired) electrons. The summed E-state index contributed by atoms with van der Waals surface area (Å²) in [6.45, 7) is 16.2. The van der Waals surface area contributed by atoms with Crippen LogP contribution in [-0.2, 0) is 14.4 Å². The Balaban J connectivity index is 1.54. The van der Waals surface area contributed by atoms with Crippen molar-refractivity contribution in [3.05, 3.63) is 79.9 Å². The molecule has 2 aromatic rings. The molecule has 0 aromatic heterocycles. The van der Waals surface area contributed by atoms with Crippen LogP contribution < -0.4 is 14.7 Å². The zero-order chi connectivity index (χ0) is 31.6. The van der Waals surface area contributed by atoms with E-state index in [9.17, 15) is 19.5 Å². The standard InChI is InChI=1S/C35H44N4O4S/c1-6-21-37(26-13-11-10-12-14-26)31(41)28-29-32(42)39(23-24-40)30(35(29)20-19-34(28,5)44-35)33(43)38(22-7-2)27-17-15-25(16-18-27)36(8-3)9-4/h6-7,10-18,28-30,40H,1-2,8-9,19-24H2,3-5H3/t28-,29-,30?,34+,35?/m0/s1. The summed E-state index contributed by atoms with van der Waals surface area (Å²) in [6.07, 6.45) is 4.74. The van der Waals surface area contributed by atoms with Crippen LogP contribution in [-0.4, -0.2) is 82.6 Å². The molecule has 234 valence electrons. The van der Waals surface area contributed by atoms with E-state index in [-0.39, 0.29) is 37.4 Å². The molecule has 3 heterocycles. The first-order chi connectivity index (χ1) is 21.2. The van der Waals surface area contributed by atoms with Crippen LogP contribution in [0.4, 0.5) is 17.1 Å². The number of hydrogen-bond donors (Lipinski definition) is 1. The minimum atomic E-state index is -0.816. The average Bonchev–Trinajstić information content (AvgIpc) is 3.60. The van der Waals surface area contributed by atoms with Gasteiger partial charge in [-0.3, -0.25) is 14.4 Å². The van der Waals surface area contributed by atoms with Crippen molar-refractivity contribution in [1.29, 1.82) is 0 Å². The molecule has 3 aliphatic rings. The van der Waals surface area contributed by atoms with Gasteiger partial charge in [0.15, 0.2) is 0 Å². The number of β-amino-alcohol motifs (C(OH)–C–C–N with tert-alkyl or cyclic N) is 1. The number of likely N-dealkylation sites (tertiary alicyclic amines) is 1. The quantitative estimate of drug-likeness (QED) is 0.327. The maximum atomic E-state index is 14.7. The fourth-order valence-electron chi connectivity index (χ4n) is 7.69. The van der Waals surface area contributed by atoms with Crippen molar-refractivity contribution in [2.75, 3.05) is 54.0 Å². The Bertz CT molecular complexity index is 1400. The molecule has 3 aliphatic heterocycles. The molecule has 2 unspecified atom stereocenters. The van der Waals surface area contributed by atoms with Gasteiger partial charge in [0.05, 0.1) is 23.2 Å². The van der Waals surface area contributed by atoms with Gasteiger partial charge >= 0.3 is 0 Å². The van der Waals surface area contributed by atoms with Crippen molar-refractivity contribution in [3.63, 3.8) is 0 Å². The van der Waals surface area contributed by atoms with Crippen molar-refractivity contribution < 1.29 is 19.5 Å². The molecule has 1 spiro atoms. The molecule has 9 heteroatoms. The third-order valence-electron chi connectivity index (χ3n) is 9.63. The van der Waals surface area contributed by atoms with Crippen molar-refractivity contribution in [2.45, 2.75) is 49.1 Å². The van der Waals surface area contributed by atoms with Gasteiger partial charge in [-0.2, -0.15) is 0 Å². The second-order valence-corrected chi connectivity index (χ2v) is 13.9. The zero-order valence-corrected chi connectivity index (χ0v) is 26.8. The molecular formula is C35H44N4O4S. The van der Waals surface area contributed by atoms with Gasteiger partial charge in [0.1, 0.15) is 6.04 Å². The third-order valence-corrected chi connectivity index (χ3v) is 11.6. The van der Waals surface area contributed by atoms with Crippen LogP contribution in [0, 0.1) is 11.8 Å². The van der Waals surface area contributed by atoms with Gasteiger partial charge in [-0.25, -0.2) is 0 Å². The molecule has 44 heavy (non-hydrogen) atoms. The van der Waals surface area contributed by atoms with Gasteiger partial charge in [0, 0.05) is 54.5 Å². The van der Waals surface area contributed by atoms with E-state index in [2.05, 4.69) is 38.8 Å². The number of carbonyl (C=O) groups is 3. The SMILES string of the molecule is C=CCN(C(=O)C1N(CCO)C(=O)[C@@H]2[C@@H](C(=O)N(CC=C)c3ccccc3)[C@@]3(C)CCC12S3)c1ccc(N(CC)CC)cc1. The van der Waals surface area contributed by atoms with E-state index >= 15 is 0 Å². The van der Waals surface area contributed by atoms with E-state index in [1.165, 1.54) is 0 Å².